The fraction of sp³-hybridized carbons (Fsp3) is 0.584. The van der Waals surface area contributed by atoms with Crippen LogP contribution in [0.3, 0.4) is 0 Å². The van der Waals surface area contributed by atoms with Gasteiger partial charge in [-0.1, -0.05) is 115 Å². The molecule has 2 N–H and O–H groups in total. The van der Waals surface area contributed by atoms with Crippen LogP contribution in [0, 0.1) is 0 Å². The van der Waals surface area contributed by atoms with Crippen molar-refractivity contribution < 1.29 is 80.8 Å². The molecule has 6 aromatic heterocycles. The predicted molar refractivity (Wildman–Crippen MR) is 515 cm³/mol. The van der Waals surface area contributed by atoms with Gasteiger partial charge in [0.1, 0.15) is 42.4 Å². The number of benzene rings is 4. The molecule has 730 valence electrons. The molecule has 2 aliphatic carbocycles. The molecular weight excluding hydrogens is 1770 g/mol. The molecule has 0 amide bonds. The Morgan fingerprint density at radius 3 is 1.35 bits per heavy atom. The monoisotopic (exact) mass is 1920 g/mol. The lowest BCUT2D eigenvalue weighted by Gasteiger charge is -2.32. The van der Waals surface area contributed by atoms with Crippen LogP contribution >= 0.6 is 15.9 Å². The summed E-state index contributed by atoms with van der Waals surface area (Å²) in [4.78, 5) is 25.1. The Bertz CT molecular complexity index is 4920. The van der Waals surface area contributed by atoms with Crippen LogP contribution in [0.4, 0.5) is 0 Å². The maximum atomic E-state index is 12.6. The van der Waals surface area contributed by atoms with E-state index < -0.39 is 11.9 Å². The minimum atomic E-state index is -0.528. The number of esters is 2. The first kappa shape index (κ1) is 105. The number of aromatic amines is 1. The molecule has 0 radical (unpaired) electrons. The first-order chi connectivity index (χ1) is 65.1. The van der Waals surface area contributed by atoms with Gasteiger partial charge in [0.15, 0.2) is 0 Å². The molecule has 7 fully saturated rings. The van der Waals surface area contributed by atoms with Crippen molar-refractivity contribution in [3.63, 3.8) is 0 Å². The number of epoxide rings is 1. The Hall–Kier alpha value is -9.68. The van der Waals surface area contributed by atoms with Crippen LogP contribution in [0.2, 0.25) is 0 Å². The van der Waals surface area contributed by atoms with E-state index in [0.717, 1.165) is 180 Å². The van der Waals surface area contributed by atoms with Crippen molar-refractivity contribution in [1.82, 2.24) is 69.5 Å². The molecule has 2 saturated carbocycles. The Labute approximate surface area is 799 Å². The van der Waals surface area contributed by atoms with Gasteiger partial charge in [-0.05, 0) is 277 Å². The van der Waals surface area contributed by atoms with E-state index in [9.17, 15) is 14.7 Å². The summed E-state index contributed by atoms with van der Waals surface area (Å²) >= 11 is 3.50. The number of aliphatic hydroxyl groups excluding tert-OH is 1. The fourth-order valence-electron chi connectivity index (χ4n) is 16.6. The average molecular weight is 1920 g/mol. The molecule has 31 nitrogen and oxygen atoms in total. The summed E-state index contributed by atoms with van der Waals surface area (Å²) in [5.74, 6) is 2.19. The van der Waals surface area contributed by atoms with Crippen molar-refractivity contribution >= 4 is 40.4 Å². The molecular formula is C101H144BBrN14O17. The van der Waals surface area contributed by atoms with Crippen molar-refractivity contribution in [3.8, 4) is 23.3 Å². The zero-order valence-electron chi connectivity index (χ0n) is 81.2. The van der Waals surface area contributed by atoms with E-state index in [-0.39, 0.29) is 86.0 Å². The summed E-state index contributed by atoms with van der Waals surface area (Å²) in [6.07, 6.45) is 34.9. The van der Waals surface area contributed by atoms with Gasteiger partial charge in [0.05, 0.1) is 82.7 Å². The zero-order chi connectivity index (χ0) is 95.2. The Morgan fingerprint density at radius 1 is 0.515 bits per heavy atom. The first-order valence-corrected chi connectivity index (χ1v) is 49.1. The standard InChI is InChI=1S/C31H40BN3O6.C25H28BrN3O4.C13H22N2O2.C12H20N2O2.C8H12N2O.C8H14N2O.C4H8O/c1-7-38-29(36)27-28(35(34-33-27)20-21-8-16-25(37-6)17-9-21)39-26-18-12-23(13-19-26)22-10-14-24(15-11-22)32-40-30(2,3)31(4,5)41-32;1-3-32-25(30)23-24(29(28-27-23)16-17-4-12-21(31-2)13-5-17)33-22-14-8-19(9-15-22)18-6-10-20(26)11-7-18;1-3-12(16-2)10-11-7-8-14-15(11)13-6-4-5-9-17-13;1-2-11(15)9-10-6-7-13-14(10)12-5-3-4-8-16-12;1-2-7-11-8(4-1)10-6-3-5-9-10;1-3-8(11-2)6-7-4-5-9-10-7;1-2-4-3-5-4/h8-11,14-17,23,26H,7,12-13,18-20H2,1-6H3;4-7,10-13,19,22H,3,8-9,14-16H2,1-2H3;7-8,12-13H,3-6,9-10H2,1-2H3;6-7,11-12,15H,2-5,8-9H2,1H3;3,5-6,8H,1-2,4,7H2;4-5,8H,3,6H2,1-2H3,(H,9,10);4H,2-3H2,1H3. The average Bonchev–Trinajstić information content (AvgIpc) is 1.62. The Kier molecular flexibility index (Phi) is 42.5. The molecule has 4 aromatic carbocycles. The lowest BCUT2D eigenvalue weighted by molar-refractivity contribution is -0.0421. The normalized spacial score (nSPS) is 21.1. The summed E-state index contributed by atoms with van der Waals surface area (Å²) in [5.41, 5.74) is 8.63. The van der Waals surface area contributed by atoms with Crippen molar-refractivity contribution in [1.29, 1.82) is 0 Å². The van der Waals surface area contributed by atoms with Gasteiger partial charge >= 0.3 is 19.1 Å². The molecule has 0 spiro atoms. The van der Waals surface area contributed by atoms with Crippen molar-refractivity contribution in [2.75, 3.05) is 68.1 Å². The summed E-state index contributed by atoms with van der Waals surface area (Å²) in [6.45, 7) is 25.1. The number of ether oxygens (including phenoxy) is 12. The third-order valence-electron chi connectivity index (χ3n) is 25.6. The number of nitrogens with zero attached hydrogens (tertiary/aromatic N) is 13. The number of aromatic nitrogens is 14. The lowest BCUT2D eigenvalue weighted by Crippen LogP contribution is -2.41. The second-order valence-corrected chi connectivity index (χ2v) is 36.5. The molecule has 10 aromatic rings. The van der Waals surface area contributed by atoms with Crippen LogP contribution in [0.1, 0.15) is 295 Å². The molecule has 5 saturated heterocycles. The van der Waals surface area contributed by atoms with Gasteiger partial charge in [0.2, 0.25) is 23.1 Å². The number of methoxy groups -OCH3 is 4. The van der Waals surface area contributed by atoms with Gasteiger partial charge < -0.3 is 71.3 Å². The topological polar surface area (TPSA) is 330 Å². The largest absolute Gasteiger partial charge is 0.497 e. The van der Waals surface area contributed by atoms with Crippen LogP contribution in [-0.4, -0.2) is 210 Å². The molecule has 17 rings (SSSR count). The Morgan fingerprint density at radius 2 is 0.970 bits per heavy atom. The molecule has 11 heterocycles. The van der Waals surface area contributed by atoms with E-state index in [1.165, 1.54) is 55.3 Å². The minimum absolute atomic E-state index is 0.00186. The number of aliphatic hydroxyl groups is 1. The van der Waals surface area contributed by atoms with E-state index in [4.69, 9.17) is 66.2 Å². The second-order valence-electron chi connectivity index (χ2n) is 35.6. The summed E-state index contributed by atoms with van der Waals surface area (Å²) in [5, 5.41) is 45.9. The maximum Gasteiger partial charge on any atom is 0.494 e. The molecule has 5 aliphatic heterocycles. The molecule has 33 heteroatoms. The molecule has 7 atom stereocenters. The van der Waals surface area contributed by atoms with Gasteiger partial charge in [-0.3, -0.25) is 5.10 Å². The number of carbonyl (C=O) groups is 2. The van der Waals surface area contributed by atoms with Crippen LogP contribution in [-0.2, 0) is 79.6 Å². The predicted octanol–water partition coefficient (Wildman–Crippen LogP) is 18.5. The number of H-pyrrole nitrogens is 1. The van der Waals surface area contributed by atoms with Crippen molar-refractivity contribution in [2.45, 2.75) is 315 Å². The van der Waals surface area contributed by atoms with E-state index >= 15 is 0 Å². The maximum absolute atomic E-state index is 12.6. The number of hydrogen-bond acceptors (Lipinski definition) is 25. The van der Waals surface area contributed by atoms with Gasteiger partial charge in [-0.2, -0.15) is 20.4 Å². The zero-order valence-corrected chi connectivity index (χ0v) is 82.7. The van der Waals surface area contributed by atoms with Crippen LogP contribution < -0.4 is 24.4 Å². The van der Waals surface area contributed by atoms with Gasteiger partial charge in [-0.15, -0.1) is 10.2 Å². The molecule has 7 unspecified atom stereocenters. The SMILES string of the molecule is CCC(Cc1ccn[nH]1)OC.CCC(Cc1ccnn1C1CCCCO1)OC.CCC(O)Cc1ccnn1C1CCCCO1.CCC1CO1.CCOC(=O)c1nnn(Cc2ccc(OC)cc2)c1OC1CCC(c2ccc(B3OC(C)(C)C(C)(C)O3)cc2)CC1.CCOC(=O)c1nnn(Cc2ccc(OC)cc2)c1OC1CCC(c2ccc(Br)cc2)CC1.c1cnn(C2CCCCO2)c1. The van der Waals surface area contributed by atoms with Crippen molar-refractivity contribution in [2.24, 2.45) is 0 Å². The highest BCUT2D eigenvalue weighted by molar-refractivity contribution is 9.10. The smallest absolute Gasteiger partial charge is 0.494 e. The fourth-order valence-corrected chi connectivity index (χ4v) is 16.9. The van der Waals surface area contributed by atoms with Crippen LogP contribution in [0.25, 0.3) is 0 Å². The van der Waals surface area contributed by atoms with E-state index in [1.54, 1.807) is 70.2 Å². The van der Waals surface area contributed by atoms with Gasteiger partial charge in [-0.25, -0.2) is 33.0 Å². The highest BCUT2D eigenvalue weighted by atomic mass is 79.9. The molecule has 134 heavy (non-hydrogen) atoms. The number of halogens is 1. The second kappa shape index (κ2) is 54.3. The lowest BCUT2D eigenvalue weighted by atomic mass is 9.76. The van der Waals surface area contributed by atoms with Gasteiger partial charge in [0.25, 0.3) is 0 Å². The summed E-state index contributed by atoms with van der Waals surface area (Å²) in [6, 6.07) is 40.5. The number of rotatable bonds is 32. The van der Waals surface area contributed by atoms with E-state index in [0.29, 0.717) is 55.3 Å². The molecule has 0 bridgehead atoms. The Balaban J connectivity index is 0.000000164. The highest BCUT2D eigenvalue weighted by Gasteiger charge is 2.52. The van der Waals surface area contributed by atoms with Crippen molar-refractivity contribution in [3.05, 3.63) is 208 Å². The van der Waals surface area contributed by atoms with E-state index in [2.05, 4.69) is 165 Å². The third-order valence-corrected chi connectivity index (χ3v) is 26.1. The number of hydrogen-bond donors (Lipinski definition) is 2. The quantitative estimate of drug-likeness (QED) is 0.0225. The van der Waals surface area contributed by atoms with Crippen LogP contribution in [0.5, 0.6) is 23.3 Å². The number of nitrogens with one attached hydrogen (secondary N) is 1. The first-order valence-electron chi connectivity index (χ1n) is 48.3. The summed E-state index contributed by atoms with van der Waals surface area (Å²) < 4.78 is 88.8. The third kappa shape index (κ3) is 31.7. The van der Waals surface area contributed by atoms with Crippen LogP contribution in [0.15, 0.2) is 157 Å². The van der Waals surface area contributed by atoms with Gasteiger partial charge in [0, 0.05) is 106 Å². The highest BCUT2D eigenvalue weighted by Crippen LogP contribution is 2.40. The number of carbonyl (C=O) groups excluding carboxylic acids is 2. The minimum Gasteiger partial charge on any atom is -0.497 e. The summed E-state index contributed by atoms with van der Waals surface area (Å²) in [7, 11) is 6.42. The molecule has 7 aliphatic rings. The van der Waals surface area contributed by atoms with E-state index in [1.807, 2.05) is 100 Å².